The fourth-order valence-electron chi connectivity index (χ4n) is 0.438. The molecule has 0 fully saturated rings. The van der Waals surface area contributed by atoms with Crippen LogP contribution in [0.15, 0.2) is 11.5 Å². The van der Waals surface area contributed by atoms with Crippen LogP contribution in [0.3, 0.4) is 0 Å². The molecule has 0 amide bonds. The molecular formula is C8H16OS3. The summed E-state index contributed by atoms with van der Waals surface area (Å²) in [4.78, 5) is 0. The van der Waals surface area contributed by atoms with Crippen molar-refractivity contribution in [3.8, 4) is 0 Å². The Morgan fingerprint density at radius 2 is 2.25 bits per heavy atom. The third-order valence-electron chi connectivity index (χ3n) is 1.26. The summed E-state index contributed by atoms with van der Waals surface area (Å²) in [6.07, 6.45) is 4.86. The van der Waals surface area contributed by atoms with E-state index in [4.69, 9.17) is 0 Å². The Balaban J connectivity index is 3.26. The van der Waals surface area contributed by atoms with E-state index in [1.54, 1.807) is 11.7 Å². The van der Waals surface area contributed by atoms with Gasteiger partial charge in [-0.05, 0) is 11.8 Å². The summed E-state index contributed by atoms with van der Waals surface area (Å²) in [5.41, 5.74) is 0. The number of hydrogen-bond donors (Lipinski definition) is 0. The molecule has 72 valence electrons. The van der Waals surface area contributed by atoms with Crippen LogP contribution in [0.1, 0.15) is 20.3 Å². The van der Waals surface area contributed by atoms with Crippen molar-refractivity contribution >= 4 is 32.4 Å². The van der Waals surface area contributed by atoms with E-state index in [9.17, 15) is 4.21 Å². The Kier molecular flexibility index (Phi) is 8.60. The molecule has 0 rings (SSSR count). The van der Waals surface area contributed by atoms with E-state index in [1.165, 1.54) is 6.42 Å². The monoisotopic (exact) mass is 224 g/mol. The molecule has 0 aromatic heterocycles. The molecule has 1 nitrogen and oxygen atoms in total. The highest BCUT2D eigenvalue weighted by Gasteiger charge is 1.96. The molecule has 0 aromatic carbocycles. The van der Waals surface area contributed by atoms with Gasteiger partial charge in [0.1, 0.15) is 0 Å². The fraction of sp³-hybridized carbons (Fsp3) is 0.750. The highest BCUT2D eigenvalue weighted by molar-refractivity contribution is 8.77. The second-order valence-corrected chi connectivity index (χ2v) is 6.59. The largest absolute Gasteiger partial charge is 0.255 e. The summed E-state index contributed by atoms with van der Waals surface area (Å²) in [6, 6.07) is 0. The molecule has 0 bridgehead atoms. The van der Waals surface area contributed by atoms with Crippen molar-refractivity contribution in [2.75, 3.05) is 12.0 Å². The van der Waals surface area contributed by atoms with Crippen molar-refractivity contribution in [2.45, 2.75) is 25.5 Å². The number of hydrogen-bond acceptors (Lipinski definition) is 3. The van der Waals surface area contributed by atoms with E-state index in [2.05, 4.69) is 13.8 Å². The first-order valence-electron chi connectivity index (χ1n) is 3.94. The lowest BCUT2D eigenvalue weighted by Crippen LogP contribution is -1.88. The average Bonchev–Trinajstić information content (AvgIpc) is 2.03. The van der Waals surface area contributed by atoms with Gasteiger partial charge in [0.25, 0.3) is 0 Å². The van der Waals surface area contributed by atoms with Gasteiger partial charge >= 0.3 is 0 Å². The van der Waals surface area contributed by atoms with Gasteiger partial charge in [-0.15, -0.1) is 0 Å². The van der Waals surface area contributed by atoms with Crippen LogP contribution in [-0.2, 0) is 10.8 Å². The van der Waals surface area contributed by atoms with Crippen molar-refractivity contribution in [2.24, 2.45) is 0 Å². The summed E-state index contributed by atoms with van der Waals surface area (Å²) in [7, 11) is 2.93. The highest BCUT2D eigenvalue weighted by atomic mass is 33.1. The van der Waals surface area contributed by atoms with Crippen LogP contribution in [0.4, 0.5) is 0 Å². The first kappa shape index (κ1) is 12.6. The van der Waals surface area contributed by atoms with Crippen LogP contribution in [0.25, 0.3) is 0 Å². The van der Waals surface area contributed by atoms with Crippen molar-refractivity contribution < 1.29 is 4.21 Å². The Labute approximate surface area is 85.6 Å². The smallest absolute Gasteiger partial charge is 0.0421 e. The maximum Gasteiger partial charge on any atom is 0.0421 e. The first-order valence-corrected chi connectivity index (χ1v) is 7.94. The van der Waals surface area contributed by atoms with Gasteiger partial charge < -0.3 is 0 Å². The molecule has 2 unspecified atom stereocenters. The zero-order chi connectivity index (χ0) is 9.40. The second kappa shape index (κ2) is 8.20. The van der Waals surface area contributed by atoms with Crippen molar-refractivity contribution in [3.05, 3.63) is 11.5 Å². The van der Waals surface area contributed by atoms with E-state index in [0.29, 0.717) is 0 Å². The average molecular weight is 224 g/mol. The lowest BCUT2D eigenvalue weighted by molar-refractivity contribution is 0.691. The van der Waals surface area contributed by atoms with Gasteiger partial charge in [-0.25, -0.2) is 0 Å². The standard InChI is InChI=1S/C8H16OS3/c1-4-8(2)11-10-6-5-7-12(3)9/h5,7-8H,4,6H2,1-3H3. The molecule has 0 spiro atoms. The predicted octanol–water partition coefficient (Wildman–Crippen LogP) is 3.06. The van der Waals surface area contributed by atoms with E-state index in [-0.39, 0.29) is 0 Å². The Bertz CT molecular complexity index is 156. The third kappa shape index (κ3) is 8.68. The molecule has 0 N–H and O–H groups in total. The Morgan fingerprint density at radius 1 is 1.58 bits per heavy atom. The van der Waals surface area contributed by atoms with Crippen LogP contribution >= 0.6 is 21.6 Å². The normalized spacial score (nSPS) is 16.6. The van der Waals surface area contributed by atoms with E-state index in [0.717, 1.165) is 11.0 Å². The maximum atomic E-state index is 10.6. The van der Waals surface area contributed by atoms with Crippen LogP contribution in [-0.4, -0.2) is 21.5 Å². The van der Waals surface area contributed by atoms with E-state index < -0.39 is 10.8 Å². The molecule has 0 saturated carbocycles. The maximum absolute atomic E-state index is 10.6. The minimum Gasteiger partial charge on any atom is -0.255 e. The SMILES string of the molecule is CCC(C)SSCC=CS(C)=O. The molecule has 4 heteroatoms. The minimum atomic E-state index is -0.785. The molecule has 0 aliphatic heterocycles. The molecule has 0 aromatic rings. The predicted molar refractivity (Wildman–Crippen MR) is 63.0 cm³/mol. The van der Waals surface area contributed by atoms with Crippen LogP contribution in [0.2, 0.25) is 0 Å². The van der Waals surface area contributed by atoms with Gasteiger partial charge in [-0.1, -0.05) is 41.5 Å². The van der Waals surface area contributed by atoms with Gasteiger partial charge in [0.05, 0.1) is 0 Å². The molecule has 0 radical (unpaired) electrons. The van der Waals surface area contributed by atoms with Gasteiger partial charge in [0.2, 0.25) is 0 Å². The first-order chi connectivity index (χ1) is 5.66. The van der Waals surface area contributed by atoms with Gasteiger partial charge in [0.15, 0.2) is 0 Å². The zero-order valence-electron chi connectivity index (χ0n) is 7.78. The fourth-order valence-corrected chi connectivity index (χ4v) is 3.12. The van der Waals surface area contributed by atoms with Gasteiger partial charge in [-0.2, -0.15) is 0 Å². The summed E-state index contributed by atoms with van der Waals surface area (Å²) in [6.45, 7) is 4.41. The quantitative estimate of drug-likeness (QED) is 0.510. The zero-order valence-corrected chi connectivity index (χ0v) is 10.2. The minimum absolute atomic E-state index is 0.718. The van der Waals surface area contributed by atoms with Gasteiger partial charge in [0, 0.05) is 28.1 Å². The van der Waals surface area contributed by atoms with Crippen molar-refractivity contribution in [1.82, 2.24) is 0 Å². The Hall–Kier alpha value is 0.590. The molecule has 0 saturated heterocycles. The molecule has 0 heterocycles. The second-order valence-electron chi connectivity index (χ2n) is 2.47. The third-order valence-corrected chi connectivity index (χ3v) is 4.76. The molecule has 0 aliphatic carbocycles. The van der Waals surface area contributed by atoms with Crippen LogP contribution in [0, 0.1) is 0 Å². The lowest BCUT2D eigenvalue weighted by atomic mass is 10.4. The van der Waals surface area contributed by atoms with Crippen LogP contribution < -0.4 is 0 Å². The van der Waals surface area contributed by atoms with E-state index in [1.807, 2.05) is 27.7 Å². The highest BCUT2D eigenvalue weighted by Crippen LogP contribution is 2.27. The Morgan fingerprint density at radius 3 is 2.75 bits per heavy atom. The summed E-state index contributed by atoms with van der Waals surface area (Å²) in [5.74, 6) is 0.953. The molecule has 2 atom stereocenters. The van der Waals surface area contributed by atoms with E-state index >= 15 is 0 Å². The topological polar surface area (TPSA) is 17.1 Å². The number of rotatable bonds is 6. The van der Waals surface area contributed by atoms with Crippen LogP contribution in [0.5, 0.6) is 0 Å². The van der Waals surface area contributed by atoms with Crippen molar-refractivity contribution in [3.63, 3.8) is 0 Å². The summed E-state index contributed by atoms with van der Waals surface area (Å²) < 4.78 is 10.6. The lowest BCUT2D eigenvalue weighted by Gasteiger charge is -2.04. The molecule has 12 heavy (non-hydrogen) atoms. The molecule has 0 aliphatic rings. The summed E-state index contributed by atoms with van der Waals surface area (Å²) >= 11 is 0. The van der Waals surface area contributed by atoms with Gasteiger partial charge in [-0.3, -0.25) is 4.21 Å². The molecular weight excluding hydrogens is 208 g/mol. The van der Waals surface area contributed by atoms with Crippen molar-refractivity contribution in [1.29, 1.82) is 0 Å². The summed E-state index contributed by atoms with van der Waals surface area (Å²) in [5, 5.41) is 2.46.